The molecule has 108 valence electrons. The third-order valence-electron chi connectivity index (χ3n) is 3.50. The fourth-order valence-electron chi connectivity index (χ4n) is 1.97. The molecule has 0 heterocycles. The van der Waals surface area contributed by atoms with Crippen LogP contribution in [0.25, 0.3) is 0 Å². The van der Waals surface area contributed by atoms with E-state index in [1.165, 1.54) is 0 Å². The maximum absolute atomic E-state index is 12.4. The van der Waals surface area contributed by atoms with Gasteiger partial charge in [0.25, 0.3) is 0 Å². The van der Waals surface area contributed by atoms with Crippen LogP contribution >= 0.6 is 0 Å². The van der Waals surface area contributed by atoms with E-state index in [2.05, 4.69) is 4.72 Å². The average molecular weight is 285 g/mol. The van der Waals surface area contributed by atoms with Crippen molar-refractivity contribution in [3.63, 3.8) is 0 Å². The number of rotatable bonds is 5. The summed E-state index contributed by atoms with van der Waals surface area (Å²) < 4.78 is 27.4. The molecule has 19 heavy (non-hydrogen) atoms. The minimum atomic E-state index is -3.53. The van der Waals surface area contributed by atoms with Crippen LogP contribution in [0.15, 0.2) is 11.0 Å². The van der Waals surface area contributed by atoms with Gasteiger partial charge in [0.1, 0.15) is 0 Å². The summed E-state index contributed by atoms with van der Waals surface area (Å²) in [5, 5.41) is 8.96. The fraction of sp³-hybridized carbons (Fsp3) is 0.571. The zero-order valence-electron chi connectivity index (χ0n) is 12.2. The van der Waals surface area contributed by atoms with Crippen LogP contribution in [0.5, 0.6) is 0 Å². The molecular formula is C14H23NO3S. The van der Waals surface area contributed by atoms with Crippen LogP contribution in [0.3, 0.4) is 0 Å². The fourth-order valence-corrected chi connectivity index (χ4v) is 3.75. The monoisotopic (exact) mass is 285 g/mol. The average Bonchev–Trinajstić information content (AvgIpc) is 2.33. The highest BCUT2D eigenvalue weighted by atomic mass is 32.2. The zero-order chi connectivity index (χ0) is 14.8. The maximum atomic E-state index is 12.4. The Morgan fingerprint density at radius 2 is 1.63 bits per heavy atom. The smallest absolute Gasteiger partial charge is 0.241 e. The van der Waals surface area contributed by atoms with Crippen molar-refractivity contribution < 1.29 is 13.5 Å². The molecule has 0 bridgehead atoms. The van der Waals surface area contributed by atoms with Gasteiger partial charge in [0.15, 0.2) is 0 Å². The van der Waals surface area contributed by atoms with Gasteiger partial charge < -0.3 is 5.11 Å². The van der Waals surface area contributed by atoms with Crippen LogP contribution in [-0.2, 0) is 10.0 Å². The number of aliphatic hydroxyl groups is 1. The summed E-state index contributed by atoms with van der Waals surface area (Å²) in [7, 11) is -3.53. The molecule has 1 aromatic carbocycles. The number of benzene rings is 1. The van der Waals surface area contributed by atoms with Gasteiger partial charge >= 0.3 is 0 Å². The van der Waals surface area contributed by atoms with E-state index in [9.17, 15) is 8.42 Å². The number of nitrogens with one attached hydrogen (secondary N) is 1. The lowest BCUT2D eigenvalue weighted by Gasteiger charge is -2.17. The van der Waals surface area contributed by atoms with E-state index in [1.807, 2.05) is 33.8 Å². The third-order valence-corrected chi connectivity index (χ3v) is 5.20. The predicted octanol–water partition coefficient (Wildman–Crippen LogP) is 1.83. The Bertz CT molecular complexity index is 538. The number of hydrogen-bond acceptors (Lipinski definition) is 3. The summed E-state index contributed by atoms with van der Waals surface area (Å²) in [4.78, 5) is 0.370. The molecule has 0 saturated carbocycles. The zero-order valence-corrected chi connectivity index (χ0v) is 13.1. The molecule has 1 atom stereocenters. The molecule has 0 fully saturated rings. The first-order valence-electron chi connectivity index (χ1n) is 6.38. The molecule has 1 unspecified atom stereocenters. The lowest BCUT2D eigenvalue weighted by Crippen LogP contribution is -2.31. The van der Waals surface area contributed by atoms with Gasteiger partial charge in [-0.2, -0.15) is 0 Å². The van der Waals surface area contributed by atoms with Crippen LogP contribution in [0.4, 0.5) is 0 Å². The van der Waals surface area contributed by atoms with E-state index in [0.29, 0.717) is 4.90 Å². The van der Waals surface area contributed by atoms with Crippen LogP contribution in [0.1, 0.15) is 29.2 Å². The maximum Gasteiger partial charge on any atom is 0.241 e. The Hall–Kier alpha value is -0.910. The van der Waals surface area contributed by atoms with Gasteiger partial charge in [-0.15, -0.1) is 0 Å². The standard InChI is InChI=1S/C14H23NO3S/c1-9(8-16)7-15-19(17,18)14-12(4)10(2)6-11(3)13(14)5/h6,9,15-16H,7-8H2,1-5H3. The van der Waals surface area contributed by atoms with Crippen molar-refractivity contribution in [2.75, 3.05) is 13.2 Å². The quantitative estimate of drug-likeness (QED) is 0.867. The number of aliphatic hydroxyl groups excluding tert-OH is 1. The SMILES string of the molecule is Cc1cc(C)c(C)c(S(=O)(=O)NCC(C)CO)c1C. The molecule has 0 aliphatic carbocycles. The Morgan fingerprint density at radius 1 is 1.16 bits per heavy atom. The summed E-state index contributed by atoms with van der Waals surface area (Å²) in [5.41, 5.74) is 3.51. The lowest BCUT2D eigenvalue weighted by molar-refractivity contribution is 0.238. The molecule has 0 spiro atoms. The first-order valence-corrected chi connectivity index (χ1v) is 7.87. The van der Waals surface area contributed by atoms with Crippen LogP contribution in [-0.4, -0.2) is 26.7 Å². The summed E-state index contributed by atoms with van der Waals surface area (Å²) in [5.74, 6) is -0.0960. The van der Waals surface area contributed by atoms with Gasteiger partial charge in [-0.1, -0.05) is 13.0 Å². The van der Waals surface area contributed by atoms with Crippen molar-refractivity contribution >= 4 is 10.0 Å². The van der Waals surface area contributed by atoms with Crippen molar-refractivity contribution in [1.29, 1.82) is 0 Å². The summed E-state index contributed by atoms with van der Waals surface area (Å²) >= 11 is 0. The van der Waals surface area contributed by atoms with E-state index < -0.39 is 10.0 Å². The van der Waals surface area contributed by atoms with E-state index >= 15 is 0 Å². The molecule has 4 nitrogen and oxygen atoms in total. The van der Waals surface area contributed by atoms with Crippen molar-refractivity contribution in [2.24, 2.45) is 5.92 Å². The summed E-state index contributed by atoms with van der Waals surface area (Å²) in [6, 6.07) is 2.00. The highest BCUT2D eigenvalue weighted by Gasteiger charge is 2.22. The van der Waals surface area contributed by atoms with Crippen LogP contribution in [0, 0.1) is 33.6 Å². The van der Waals surface area contributed by atoms with Crippen LogP contribution in [0.2, 0.25) is 0 Å². The van der Waals surface area contributed by atoms with Gasteiger partial charge in [-0.05, 0) is 55.9 Å². The van der Waals surface area contributed by atoms with Gasteiger partial charge in [0, 0.05) is 13.2 Å². The van der Waals surface area contributed by atoms with Crippen molar-refractivity contribution in [3.8, 4) is 0 Å². The second kappa shape index (κ2) is 6.03. The Labute approximate surface area is 115 Å². The second-order valence-corrected chi connectivity index (χ2v) is 6.93. The Morgan fingerprint density at radius 3 is 2.05 bits per heavy atom. The first-order chi connectivity index (χ1) is 8.70. The molecule has 0 aromatic heterocycles. The molecule has 0 aliphatic rings. The van der Waals surface area contributed by atoms with E-state index in [4.69, 9.17) is 5.11 Å². The predicted molar refractivity (Wildman–Crippen MR) is 76.8 cm³/mol. The van der Waals surface area contributed by atoms with E-state index in [0.717, 1.165) is 22.3 Å². The molecule has 0 radical (unpaired) electrons. The molecule has 5 heteroatoms. The Balaban J connectivity index is 3.22. The Kier molecular flexibility index (Phi) is 5.12. The molecular weight excluding hydrogens is 262 g/mol. The number of aryl methyl sites for hydroxylation is 2. The van der Waals surface area contributed by atoms with Crippen molar-refractivity contribution in [1.82, 2.24) is 4.72 Å². The number of hydrogen-bond donors (Lipinski definition) is 2. The number of sulfonamides is 1. The van der Waals surface area contributed by atoms with Crippen LogP contribution < -0.4 is 4.72 Å². The van der Waals surface area contributed by atoms with E-state index in [1.54, 1.807) is 6.92 Å². The molecule has 0 aliphatic heterocycles. The van der Waals surface area contributed by atoms with Gasteiger partial charge in [0.05, 0.1) is 4.90 Å². The molecule has 2 N–H and O–H groups in total. The first kappa shape index (κ1) is 16.1. The largest absolute Gasteiger partial charge is 0.396 e. The molecule has 1 rings (SSSR count). The van der Waals surface area contributed by atoms with Crippen molar-refractivity contribution in [3.05, 3.63) is 28.3 Å². The highest BCUT2D eigenvalue weighted by Crippen LogP contribution is 2.25. The molecule has 1 aromatic rings. The van der Waals surface area contributed by atoms with Gasteiger partial charge in [0.2, 0.25) is 10.0 Å². The topological polar surface area (TPSA) is 66.4 Å². The van der Waals surface area contributed by atoms with E-state index in [-0.39, 0.29) is 19.1 Å². The third kappa shape index (κ3) is 3.55. The van der Waals surface area contributed by atoms with Crippen molar-refractivity contribution in [2.45, 2.75) is 39.5 Å². The minimum absolute atomic E-state index is 0.0344. The molecule has 0 saturated heterocycles. The minimum Gasteiger partial charge on any atom is -0.396 e. The summed E-state index contributed by atoms with van der Waals surface area (Å²) in [6.45, 7) is 9.48. The van der Waals surface area contributed by atoms with Gasteiger partial charge in [-0.25, -0.2) is 13.1 Å². The summed E-state index contributed by atoms with van der Waals surface area (Å²) in [6.07, 6.45) is 0. The lowest BCUT2D eigenvalue weighted by atomic mass is 10.0. The normalized spacial score (nSPS) is 13.6. The molecule has 0 amide bonds. The second-order valence-electron chi connectivity index (χ2n) is 5.23. The van der Waals surface area contributed by atoms with Gasteiger partial charge in [-0.3, -0.25) is 0 Å². The highest BCUT2D eigenvalue weighted by molar-refractivity contribution is 7.89.